The van der Waals surface area contributed by atoms with Crippen LogP contribution in [0.3, 0.4) is 0 Å². The van der Waals surface area contributed by atoms with Gasteiger partial charge in [-0.2, -0.15) is 0 Å². The quantitative estimate of drug-likeness (QED) is 0.852. The molecule has 2 rings (SSSR count). The molecule has 0 aliphatic heterocycles. The van der Waals surface area contributed by atoms with Crippen LogP contribution in [0.25, 0.3) is 11.0 Å². The van der Waals surface area contributed by atoms with Crippen molar-refractivity contribution in [3.8, 4) is 0 Å². The van der Waals surface area contributed by atoms with Crippen LogP contribution in [0.1, 0.15) is 49.1 Å². The lowest BCUT2D eigenvalue weighted by atomic mass is 9.95. The van der Waals surface area contributed by atoms with Gasteiger partial charge in [0.1, 0.15) is 11.3 Å². The summed E-state index contributed by atoms with van der Waals surface area (Å²) in [7, 11) is 0. The third-order valence-electron chi connectivity index (χ3n) is 3.56. The second-order valence-corrected chi connectivity index (χ2v) is 6.17. The number of rotatable bonds is 4. The topological polar surface area (TPSA) is 25.2 Å². The predicted octanol–water partition coefficient (Wildman–Crippen LogP) is 5.05. The van der Waals surface area contributed by atoms with Crippen molar-refractivity contribution in [2.24, 2.45) is 0 Å². The van der Waals surface area contributed by atoms with Gasteiger partial charge in [-0.25, -0.2) is 0 Å². The molecule has 0 saturated carbocycles. The monoisotopic (exact) mass is 323 g/mol. The largest absolute Gasteiger partial charge is 0.459 e. The number of fused-ring (bicyclic) bond motifs is 1. The Hall–Kier alpha value is -0.800. The van der Waals surface area contributed by atoms with Crippen molar-refractivity contribution < 1.29 is 4.42 Å². The molecule has 0 unspecified atom stereocenters. The smallest absolute Gasteiger partial charge is 0.135 e. The summed E-state index contributed by atoms with van der Waals surface area (Å²) in [5.41, 5.74) is 4.86. The maximum atomic E-state index is 6.10. The first-order chi connectivity index (χ1) is 8.97. The Morgan fingerprint density at radius 1 is 1.32 bits per heavy atom. The zero-order valence-corrected chi connectivity index (χ0v) is 13.9. The normalized spacial score (nSPS) is 11.7. The minimum absolute atomic E-state index is 0.461. The average Bonchev–Trinajstić information content (AvgIpc) is 2.72. The van der Waals surface area contributed by atoms with Gasteiger partial charge in [0.15, 0.2) is 0 Å². The zero-order chi connectivity index (χ0) is 14.2. The van der Waals surface area contributed by atoms with E-state index in [9.17, 15) is 0 Å². The number of furan rings is 1. The van der Waals surface area contributed by atoms with Crippen molar-refractivity contribution >= 4 is 26.9 Å². The highest BCUT2D eigenvalue weighted by Gasteiger charge is 2.20. The van der Waals surface area contributed by atoms with Crippen molar-refractivity contribution in [1.82, 2.24) is 5.32 Å². The third kappa shape index (κ3) is 2.59. The van der Waals surface area contributed by atoms with Crippen LogP contribution in [0.4, 0.5) is 0 Å². The molecule has 0 radical (unpaired) electrons. The Morgan fingerprint density at radius 3 is 2.58 bits per heavy atom. The van der Waals surface area contributed by atoms with E-state index in [-0.39, 0.29) is 0 Å². The van der Waals surface area contributed by atoms with Crippen LogP contribution >= 0.6 is 15.9 Å². The SMILES string of the molecule is CCNCc1oc2cc(C)c(Br)c(C)c2c1C(C)C. The summed E-state index contributed by atoms with van der Waals surface area (Å²) in [6.45, 7) is 12.6. The van der Waals surface area contributed by atoms with Crippen molar-refractivity contribution in [1.29, 1.82) is 0 Å². The van der Waals surface area contributed by atoms with E-state index >= 15 is 0 Å². The standard InChI is InChI=1S/C16H22BrNO/c1-6-18-8-13-14(9(2)3)15-11(5)16(17)10(4)7-12(15)19-13/h7,9,18H,6,8H2,1-5H3. The molecule has 0 aliphatic rings. The van der Waals surface area contributed by atoms with Gasteiger partial charge in [0.2, 0.25) is 0 Å². The Morgan fingerprint density at radius 2 is 2.00 bits per heavy atom. The van der Waals surface area contributed by atoms with Crippen LogP contribution in [0.15, 0.2) is 15.0 Å². The van der Waals surface area contributed by atoms with Crippen LogP contribution < -0.4 is 5.32 Å². The molecule has 0 aliphatic carbocycles. The van der Waals surface area contributed by atoms with E-state index in [0.717, 1.165) is 24.4 Å². The Kier molecular flexibility index (Phi) is 4.36. The number of benzene rings is 1. The second-order valence-electron chi connectivity index (χ2n) is 5.38. The molecule has 1 N–H and O–H groups in total. The first-order valence-corrected chi connectivity index (χ1v) is 7.68. The van der Waals surface area contributed by atoms with Gasteiger partial charge in [0.05, 0.1) is 6.54 Å². The minimum Gasteiger partial charge on any atom is -0.459 e. The summed E-state index contributed by atoms with van der Waals surface area (Å²) in [6.07, 6.45) is 0. The van der Waals surface area contributed by atoms with E-state index in [1.165, 1.54) is 26.5 Å². The predicted molar refractivity (Wildman–Crippen MR) is 84.9 cm³/mol. The van der Waals surface area contributed by atoms with E-state index in [0.29, 0.717) is 5.92 Å². The molecule has 104 valence electrons. The van der Waals surface area contributed by atoms with Gasteiger partial charge in [-0.15, -0.1) is 0 Å². The summed E-state index contributed by atoms with van der Waals surface area (Å²) >= 11 is 3.69. The van der Waals surface area contributed by atoms with E-state index < -0.39 is 0 Å². The van der Waals surface area contributed by atoms with Crippen molar-refractivity contribution in [2.45, 2.75) is 47.1 Å². The van der Waals surface area contributed by atoms with E-state index in [2.05, 4.69) is 61.9 Å². The zero-order valence-electron chi connectivity index (χ0n) is 12.4. The fourth-order valence-electron chi connectivity index (χ4n) is 2.65. The first-order valence-electron chi connectivity index (χ1n) is 6.89. The van der Waals surface area contributed by atoms with Gasteiger partial charge < -0.3 is 9.73 Å². The molecule has 1 aromatic heterocycles. The first kappa shape index (κ1) is 14.6. The molecule has 0 atom stereocenters. The van der Waals surface area contributed by atoms with Crippen LogP contribution in [-0.2, 0) is 6.54 Å². The van der Waals surface area contributed by atoms with Crippen LogP contribution in [0, 0.1) is 13.8 Å². The van der Waals surface area contributed by atoms with E-state index in [1.807, 2.05) is 0 Å². The summed E-state index contributed by atoms with van der Waals surface area (Å²) < 4.78 is 7.29. The van der Waals surface area contributed by atoms with Crippen molar-refractivity contribution in [3.05, 3.63) is 33.0 Å². The van der Waals surface area contributed by atoms with E-state index in [1.54, 1.807) is 0 Å². The van der Waals surface area contributed by atoms with Gasteiger partial charge in [-0.05, 0) is 43.5 Å². The lowest BCUT2D eigenvalue weighted by molar-refractivity contribution is 0.510. The number of hydrogen-bond donors (Lipinski definition) is 1. The van der Waals surface area contributed by atoms with Crippen molar-refractivity contribution in [3.63, 3.8) is 0 Å². The molecule has 2 aromatic rings. The fourth-order valence-corrected chi connectivity index (χ4v) is 2.96. The highest BCUT2D eigenvalue weighted by Crippen LogP contribution is 2.38. The molecule has 1 aromatic carbocycles. The molecule has 0 saturated heterocycles. The second kappa shape index (κ2) is 5.68. The molecule has 2 nitrogen and oxygen atoms in total. The van der Waals surface area contributed by atoms with Gasteiger partial charge in [0, 0.05) is 15.4 Å². The third-order valence-corrected chi connectivity index (χ3v) is 4.78. The van der Waals surface area contributed by atoms with Gasteiger partial charge in [-0.1, -0.05) is 36.7 Å². The summed E-state index contributed by atoms with van der Waals surface area (Å²) in [5.74, 6) is 1.54. The van der Waals surface area contributed by atoms with Gasteiger partial charge in [-0.3, -0.25) is 0 Å². The van der Waals surface area contributed by atoms with Crippen LogP contribution in [0.2, 0.25) is 0 Å². The number of halogens is 1. The molecule has 19 heavy (non-hydrogen) atoms. The molecule has 3 heteroatoms. The fraction of sp³-hybridized carbons (Fsp3) is 0.500. The maximum absolute atomic E-state index is 6.10. The molecule has 1 heterocycles. The molecule has 0 spiro atoms. The van der Waals surface area contributed by atoms with Gasteiger partial charge >= 0.3 is 0 Å². The maximum Gasteiger partial charge on any atom is 0.135 e. The average molecular weight is 324 g/mol. The summed E-state index contributed by atoms with van der Waals surface area (Å²) in [5, 5.41) is 4.64. The Labute approximate surface area is 123 Å². The summed E-state index contributed by atoms with van der Waals surface area (Å²) in [6, 6.07) is 2.13. The minimum atomic E-state index is 0.461. The molecule has 0 bridgehead atoms. The van der Waals surface area contributed by atoms with E-state index in [4.69, 9.17) is 4.42 Å². The number of aryl methyl sites for hydroxylation is 2. The summed E-state index contributed by atoms with van der Waals surface area (Å²) in [4.78, 5) is 0. The molecule has 0 fully saturated rings. The lowest BCUT2D eigenvalue weighted by Crippen LogP contribution is -2.12. The van der Waals surface area contributed by atoms with Crippen LogP contribution in [0.5, 0.6) is 0 Å². The molecular formula is C16H22BrNO. The van der Waals surface area contributed by atoms with Gasteiger partial charge in [0.25, 0.3) is 0 Å². The lowest BCUT2D eigenvalue weighted by Gasteiger charge is -2.09. The molecule has 0 amide bonds. The number of nitrogens with one attached hydrogen (secondary N) is 1. The Balaban J connectivity index is 2.71. The molecular weight excluding hydrogens is 302 g/mol. The highest BCUT2D eigenvalue weighted by atomic mass is 79.9. The number of hydrogen-bond acceptors (Lipinski definition) is 2. The Bertz CT molecular complexity index is 599. The van der Waals surface area contributed by atoms with Crippen LogP contribution in [-0.4, -0.2) is 6.54 Å². The van der Waals surface area contributed by atoms with Crippen molar-refractivity contribution in [2.75, 3.05) is 6.54 Å². The highest BCUT2D eigenvalue weighted by molar-refractivity contribution is 9.10.